The first-order valence-corrected chi connectivity index (χ1v) is 14.8. The summed E-state index contributed by atoms with van der Waals surface area (Å²) < 4.78 is 31.2. The molecule has 0 unspecified atom stereocenters. The molecule has 0 radical (unpaired) electrons. The van der Waals surface area contributed by atoms with E-state index in [9.17, 15) is 18.8 Å². The van der Waals surface area contributed by atoms with Gasteiger partial charge in [0.05, 0.1) is 33.8 Å². The van der Waals surface area contributed by atoms with Crippen molar-refractivity contribution < 1.29 is 23.2 Å². The van der Waals surface area contributed by atoms with E-state index < -0.39 is 23.4 Å². The van der Waals surface area contributed by atoms with Crippen LogP contribution in [0.2, 0.25) is 5.02 Å². The average molecular weight is 646 g/mol. The molecule has 2 aromatic carbocycles. The van der Waals surface area contributed by atoms with Gasteiger partial charge in [0.2, 0.25) is 5.91 Å². The van der Waals surface area contributed by atoms with E-state index in [-0.39, 0.29) is 69.9 Å². The Morgan fingerprint density at radius 3 is 2.40 bits per heavy atom. The van der Waals surface area contributed by atoms with Crippen LogP contribution in [0, 0.1) is 18.6 Å². The summed E-state index contributed by atoms with van der Waals surface area (Å²) in [6.07, 6.45) is 1.97. The van der Waals surface area contributed by atoms with Gasteiger partial charge in [-0.1, -0.05) is 16.8 Å². The van der Waals surface area contributed by atoms with E-state index in [4.69, 9.17) is 17.3 Å². The second-order valence-corrected chi connectivity index (χ2v) is 11.9. The maximum absolute atomic E-state index is 15.8. The van der Waals surface area contributed by atoms with Crippen LogP contribution in [0.5, 0.6) is 0 Å². The van der Waals surface area contributed by atoms with E-state index in [1.165, 1.54) is 30.2 Å². The average Bonchev–Trinajstić information content (AvgIpc) is 3.49. The summed E-state index contributed by atoms with van der Waals surface area (Å²) in [6.45, 7) is 6.87. The fourth-order valence-electron chi connectivity index (χ4n) is 5.08. The van der Waals surface area contributed by atoms with Gasteiger partial charge in [-0.25, -0.2) is 13.5 Å². The molecule has 0 saturated carbocycles. The Morgan fingerprint density at radius 1 is 1.09 bits per heavy atom. The van der Waals surface area contributed by atoms with Gasteiger partial charge in [-0.3, -0.25) is 19.3 Å². The number of piperazine rings is 1. The molecular weight excluding hydrogens is 608 g/mol. The monoisotopic (exact) mass is 645 g/mol. The molecule has 1 saturated heterocycles. The van der Waals surface area contributed by atoms with Gasteiger partial charge in [0.1, 0.15) is 5.69 Å². The lowest BCUT2D eigenvalue weighted by atomic mass is 10.1. The molecule has 1 aliphatic heterocycles. The van der Waals surface area contributed by atoms with Crippen LogP contribution in [0.15, 0.2) is 24.4 Å². The molecule has 12 nitrogen and oxygen atoms in total. The quantitative estimate of drug-likeness (QED) is 0.237. The number of anilines is 3. The van der Waals surface area contributed by atoms with Crippen LogP contribution in [-0.4, -0.2) is 95.4 Å². The molecular formula is C30H38ClF2N9O3. The van der Waals surface area contributed by atoms with Crippen molar-refractivity contribution in [1.82, 2.24) is 30.1 Å². The second kappa shape index (κ2) is 13.8. The van der Waals surface area contributed by atoms with Crippen molar-refractivity contribution in [3.05, 3.63) is 57.9 Å². The van der Waals surface area contributed by atoms with Gasteiger partial charge in [-0.2, -0.15) is 0 Å². The molecule has 242 valence electrons. The molecule has 45 heavy (non-hydrogen) atoms. The summed E-state index contributed by atoms with van der Waals surface area (Å²) >= 11 is 6.32. The van der Waals surface area contributed by atoms with Crippen LogP contribution < -0.4 is 21.3 Å². The topological polar surface area (TPSA) is 142 Å². The summed E-state index contributed by atoms with van der Waals surface area (Å²) in [4.78, 5) is 43.6. The Labute approximate surface area is 265 Å². The molecule has 2 atom stereocenters. The third-order valence-corrected chi connectivity index (χ3v) is 8.52. The summed E-state index contributed by atoms with van der Waals surface area (Å²) in [5.74, 6) is -2.65. The van der Waals surface area contributed by atoms with E-state index in [1.54, 1.807) is 14.1 Å². The summed E-state index contributed by atoms with van der Waals surface area (Å²) in [7, 11) is 5.33. The Bertz CT molecular complexity index is 1600. The molecule has 3 amide bonds. The number of rotatable bonds is 9. The van der Waals surface area contributed by atoms with E-state index in [2.05, 4.69) is 39.7 Å². The van der Waals surface area contributed by atoms with Crippen molar-refractivity contribution in [2.45, 2.75) is 45.7 Å². The number of nitrogens with one attached hydrogen (secondary N) is 2. The Morgan fingerprint density at radius 2 is 1.76 bits per heavy atom. The molecule has 0 bridgehead atoms. The van der Waals surface area contributed by atoms with Gasteiger partial charge in [0.15, 0.2) is 17.3 Å². The third-order valence-electron chi connectivity index (χ3n) is 8.03. The van der Waals surface area contributed by atoms with Crippen LogP contribution in [0.3, 0.4) is 0 Å². The minimum absolute atomic E-state index is 0.0290. The van der Waals surface area contributed by atoms with Gasteiger partial charge in [0.25, 0.3) is 11.8 Å². The standard InChI is InChI=1S/C30H38ClF2N9O3/c1-16-13-41(14-17(2)40(16)6)25-11-20(32)24(12-22(25)36-29(44)19-10-21(34)28(33)18(3)27(19)31)42-15-23(37-38-42)30(45)35-9-7-8-26(43)39(4)5/h10-12,15-17H,7-9,13-14,34H2,1-6H3,(H,35,45)(H,36,44)/t16-,17+. The highest BCUT2D eigenvalue weighted by Gasteiger charge is 2.30. The van der Waals surface area contributed by atoms with Crippen LogP contribution in [0.1, 0.15) is 53.1 Å². The number of nitrogens with two attached hydrogens (primary N) is 1. The van der Waals surface area contributed by atoms with Crippen LogP contribution in [0.4, 0.5) is 25.8 Å². The number of hydrogen-bond donors (Lipinski definition) is 3. The zero-order valence-corrected chi connectivity index (χ0v) is 26.9. The first-order chi connectivity index (χ1) is 21.2. The fourth-order valence-corrected chi connectivity index (χ4v) is 5.31. The third kappa shape index (κ3) is 7.34. The van der Waals surface area contributed by atoms with Gasteiger partial charge < -0.3 is 26.2 Å². The maximum atomic E-state index is 15.8. The highest BCUT2D eigenvalue weighted by atomic mass is 35.5. The predicted octanol–water partition coefficient (Wildman–Crippen LogP) is 3.47. The van der Waals surface area contributed by atoms with Crippen LogP contribution in [0.25, 0.3) is 5.69 Å². The van der Waals surface area contributed by atoms with Crippen molar-refractivity contribution in [2.24, 2.45) is 0 Å². The van der Waals surface area contributed by atoms with Gasteiger partial charge in [-0.15, -0.1) is 5.10 Å². The molecule has 2 heterocycles. The zero-order chi connectivity index (χ0) is 33.2. The molecule has 15 heteroatoms. The minimum atomic E-state index is -0.713. The van der Waals surface area contributed by atoms with Crippen LogP contribution >= 0.6 is 11.6 Å². The molecule has 1 aromatic heterocycles. The minimum Gasteiger partial charge on any atom is -0.396 e. The number of carbonyl (C=O) groups is 3. The lowest BCUT2D eigenvalue weighted by Gasteiger charge is -2.44. The smallest absolute Gasteiger partial charge is 0.273 e. The summed E-state index contributed by atoms with van der Waals surface area (Å²) in [5.41, 5.74) is 6.05. The zero-order valence-electron chi connectivity index (χ0n) is 26.1. The van der Waals surface area contributed by atoms with Crippen molar-refractivity contribution in [3.63, 3.8) is 0 Å². The molecule has 1 aliphatic rings. The second-order valence-electron chi connectivity index (χ2n) is 11.5. The Hall–Kier alpha value is -4.30. The molecule has 1 fully saturated rings. The van der Waals surface area contributed by atoms with Crippen molar-refractivity contribution in [1.29, 1.82) is 0 Å². The first kappa shape index (κ1) is 33.6. The van der Waals surface area contributed by atoms with E-state index >= 15 is 4.39 Å². The normalized spacial score (nSPS) is 16.9. The number of hydrogen-bond acceptors (Lipinski definition) is 8. The van der Waals surface area contributed by atoms with E-state index in [1.807, 2.05) is 11.9 Å². The van der Waals surface area contributed by atoms with Gasteiger partial charge >= 0.3 is 0 Å². The number of benzene rings is 2. The van der Waals surface area contributed by atoms with Crippen molar-refractivity contribution in [2.75, 3.05) is 56.7 Å². The molecule has 4 rings (SSSR count). The number of halogens is 3. The number of nitrogen functional groups attached to an aromatic ring is 1. The molecule has 0 spiro atoms. The number of amides is 3. The van der Waals surface area contributed by atoms with E-state index in [0.29, 0.717) is 25.2 Å². The summed E-state index contributed by atoms with van der Waals surface area (Å²) in [5, 5.41) is 13.2. The highest BCUT2D eigenvalue weighted by molar-refractivity contribution is 6.35. The van der Waals surface area contributed by atoms with E-state index in [0.717, 1.165) is 10.7 Å². The van der Waals surface area contributed by atoms with Crippen molar-refractivity contribution in [3.8, 4) is 5.69 Å². The Kier molecular flexibility index (Phi) is 10.3. The molecule has 0 aliphatic carbocycles. The number of aromatic nitrogens is 3. The first-order valence-electron chi connectivity index (χ1n) is 14.5. The Balaban J connectivity index is 1.65. The maximum Gasteiger partial charge on any atom is 0.273 e. The number of likely N-dealkylation sites (N-methyl/N-ethyl adjacent to an activating group) is 1. The molecule has 3 aromatic rings. The molecule has 4 N–H and O–H groups in total. The lowest BCUT2D eigenvalue weighted by molar-refractivity contribution is -0.128. The number of carbonyl (C=O) groups excluding carboxylic acids is 3. The van der Waals surface area contributed by atoms with Gasteiger partial charge in [-0.05, 0) is 46.4 Å². The fraction of sp³-hybridized carbons (Fsp3) is 0.433. The lowest BCUT2D eigenvalue weighted by Crippen LogP contribution is -2.55. The largest absolute Gasteiger partial charge is 0.396 e. The van der Waals surface area contributed by atoms with Gasteiger partial charge in [0, 0.05) is 63.9 Å². The van der Waals surface area contributed by atoms with Crippen molar-refractivity contribution >= 4 is 46.4 Å². The highest BCUT2D eigenvalue weighted by Crippen LogP contribution is 2.35. The predicted molar refractivity (Wildman–Crippen MR) is 169 cm³/mol. The summed E-state index contributed by atoms with van der Waals surface area (Å²) in [6, 6.07) is 4.11. The van der Waals surface area contributed by atoms with Crippen LogP contribution in [-0.2, 0) is 4.79 Å². The number of nitrogens with zero attached hydrogens (tertiary/aromatic N) is 6. The SMILES string of the molecule is Cc1c(F)c(N)cc(C(=O)Nc2cc(-n3cc(C(=O)NCCCC(=O)N(C)C)nn3)c(F)cc2N2C[C@@H](C)N(C)[C@@H](C)C2)c1Cl.